The summed E-state index contributed by atoms with van der Waals surface area (Å²) >= 11 is 0. The van der Waals surface area contributed by atoms with Gasteiger partial charge in [-0.25, -0.2) is 4.98 Å². The van der Waals surface area contributed by atoms with Crippen molar-refractivity contribution < 1.29 is 5.11 Å². The molecular formula is C17H22N6O. The van der Waals surface area contributed by atoms with Crippen LogP contribution >= 0.6 is 0 Å². The molecule has 7 heteroatoms. The van der Waals surface area contributed by atoms with Crippen LogP contribution in [0.4, 0.5) is 0 Å². The van der Waals surface area contributed by atoms with Crippen molar-refractivity contribution in [1.29, 1.82) is 0 Å². The number of piperidine rings is 1. The van der Waals surface area contributed by atoms with E-state index in [0.29, 0.717) is 13.0 Å². The summed E-state index contributed by atoms with van der Waals surface area (Å²) in [6.07, 6.45) is 7.80. The summed E-state index contributed by atoms with van der Waals surface area (Å²) in [4.78, 5) is 6.65. The topological polar surface area (TPSA) is 71.5 Å². The van der Waals surface area contributed by atoms with Crippen LogP contribution in [-0.2, 0) is 20.0 Å². The van der Waals surface area contributed by atoms with E-state index >= 15 is 0 Å². The highest BCUT2D eigenvalue weighted by molar-refractivity contribution is 5.39. The molecule has 1 atom stereocenters. The fourth-order valence-electron chi connectivity index (χ4n) is 3.61. The van der Waals surface area contributed by atoms with E-state index in [2.05, 4.69) is 30.5 Å². The molecule has 24 heavy (non-hydrogen) atoms. The Kier molecular flexibility index (Phi) is 3.82. The van der Waals surface area contributed by atoms with Crippen molar-refractivity contribution >= 4 is 5.65 Å². The molecule has 1 saturated heterocycles. The average molecular weight is 326 g/mol. The van der Waals surface area contributed by atoms with Crippen LogP contribution in [0.1, 0.15) is 24.4 Å². The van der Waals surface area contributed by atoms with Crippen LogP contribution in [0.3, 0.4) is 0 Å². The van der Waals surface area contributed by atoms with Gasteiger partial charge in [0.15, 0.2) is 0 Å². The second kappa shape index (κ2) is 5.99. The molecule has 0 radical (unpaired) electrons. The minimum absolute atomic E-state index is 0.537. The van der Waals surface area contributed by atoms with Crippen LogP contribution in [0.15, 0.2) is 36.9 Å². The Labute approximate surface area is 140 Å². The first kappa shape index (κ1) is 15.3. The van der Waals surface area contributed by atoms with Gasteiger partial charge < -0.3 is 14.1 Å². The molecule has 3 aromatic rings. The number of aryl methyl sites for hydroxylation is 1. The molecule has 1 aliphatic rings. The first-order valence-corrected chi connectivity index (χ1v) is 8.32. The number of likely N-dealkylation sites (tertiary alicyclic amines) is 1. The molecule has 1 N–H and O–H groups in total. The molecule has 0 amide bonds. The molecule has 1 aliphatic heterocycles. The lowest BCUT2D eigenvalue weighted by Gasteiger charge is -2.39. The zero-order valence-electron chi connectivity index (χ0n) is 13.8. The van der Waals surface area contributed by atoms with E-state index in [4.69, 9.17) is 0 Å². The summed E-state index contributed by atoms with van der Waals surface area (Å²) in [6, 6.07) is 6.16. The maximum Gasteiger partial charge on any atom is 0.136 e. The van der Waals surface area contributed by atoms with E-state index in [1.165, 1.54) is 5.69 Å². The SMILES string of the molecule is Cn1cnnc1CC1(O)CCCN(Cc2cccc3nccn23)C1. The van der Waals surface area contributed by atoms with Crippen molar-refractivity contribution in [2.75, 3.05) is 13.1 Å². The Morgan fingerprint density at radius 2 is 2.25 bits per heavy atom. The van der Waals surface area contributed by atoms with Gasteiger partial charge in [0.25, 0.3) is 0 Å². The third-order valence-electron chi connectivity index (χ3n) is 4.83. The number of hydrogen-bond acceptors (Lipinski definition) is 5. The Morgan fingerprint density at radius 3 is 3.08 bits per heavy atom. The summed E-state index contributed by atoms with van der Waals surface area (Å²) < 4.78 is 3.99. The van der Waals surface area contributed by atoms with Gasteiger partial charge in [0, 0.05) is 44.6 Å². The van der Waals surface area contributed by atoms with Gasteiger partial charge in [-0.05, 0) is 31.5 Å². The van der Waals surface area contributed by atoms with Crippen LogP contribution < -0.4 is 0 Å². The monoisotopic (exact) mass is 326 g/mol. The summed E-state index contributed by atoms with van der Waals surface area (Å²) in [6.45, 7) is 2.44. The van der Waals surface area contributed by atoms with E-state index in [9.17, 15) is 5.11 Å². The first-order chi connectivity index (χ1) is 11.6. The number of pyridine rings is 1. The van der Waals surface area contributed by atoms with Crippen molar-refractivity contribution in [3.63, 3.8) is 0 Å². The average Bonchev–Trinajstić information content (AvgIpc) is 3.17. The van der Waals surface area contributed by atoms with Crippen LogP contribution in [0.25, 0.3) is 5.65 Å². The zero-order chi connectivity index (χ0) is 16.6. The van der Waals surface area contributed by atoms with Gasteiger partial charge in [-0.15, -0.1) is 10.2 Å². The molecule has 7 nitrogen and oxygen atoms in total. The van der Waals surface area contributed by atoms with Crippen molar-refractivity contribution in [2.24, 2.45) is 7.05 Å². The van der Waals surface area contributed by atoms with Crippen LogP contribution in [-0.4, -0.2) is 52.8 Å². The Hall–Kier alpha value is -2.25. The van der Waals surface area contributed by atoms with Gasteiger partial charge in [0.05, 0.1) is 5.60 Å². The van der Waals surface area contributed by atoms with Gasteiger partial charge in [-0.3, -0.25) is 4.90 Å². The molecule has 3 aromatic heterocycles. The van der Waals surface area contributed by atoms with Crippen LogP contribution in [0.2, 0.25) is 0 Å². The number of rotatable bonds is 4. The molecule has 0 aromatic carbocycles. The normalized spacial score (nSPS) is 22.2. The molecule has 4 heterocycles. The molecule has 1 fully saturated rings. The Balaban J connectivity index is 1.50. The number of hydrogen-bond donors (Lipinski definition) is 1. The maximum atomic E-state index is 11.0. The van der Waals surface area contributed by atoms with Crippen molar-refractivity contribution in [3.8, 4) is 0 Å². The molecule has 4 rings (SSSR count). The molecule has 0 spiro atoms. The summed E-state index contributed by atoms with van der Waals surface area (Å²) in [5.41, 5.74) is 1.40. The van der Waals surface area contributed by atoms with Crippen molar-refractivity contribution in [3.05, 3.63) is 48.4 Å². The fraction of sp³-hybridized carbons (Fsp3) is 0.471. The molecule has 0 bridgehead atoms. The molecule has 1 unspecified atom stereocenters. The van der Waals surface area contributed by atoms with Crippen LogP contribution in [0, 0.1) is 0 Å². The quantitative estimate of drug-likeness (QED) is 0.775. The lowest BCUT2D eigenvalue weighted by atomic mass is 9.89. The Morgan fingerprint density at radius 1 is 1.33 bits per heavy atom. The minimum Gasteiger partial charge on any atom is -0.388 e. The second-order valence-corrected chi connectivity index (χ2v) is 6.75. The highest BCUT2D eigenvalue weighted by atomic mass is 16.3. The fourth-order valence-corrected chi connectivity index (χ4v) is 3.61. The van der Waals surface area contributed by atoms with E-state index in [0.717, 1.165) is 37.4 Å². The van der Waals surface area contributed by atoms with Crippen molar-refractivity contribution in [1.82, 2.24) is 29.0 Å². The van der Waals surface area contributed by atoms with Crippen molar-refractivity contribution in [2.45, 2.75) is 31.4 Å². The number of fused-ring (bicyclic) bond motifs is 1. The highest BCUT2D eigenvalue weighted by Gasteiger charge is 2.34. The summed E-state index contributed by atoms with van der Waals surface area (Å²) in [7, 11) is 1.92. The first-order valence-electron chi connectivity index (χ1n) is 8.32. The lowest BCUT2D eigenvalue weighted by Crippen LogP contribution is -2.49. The van der Waals surface area contributed by atoms with Gasteiger partial charge >= 0.3 is 0 Å². The Bertz CT molecular complexity index is 840. The van der Waals surface area contributed by atoms with Gasteiger partial charge in [0.1, 0.15) is 17.8 Å². The van der Waals surface area contributed by atoms with E-state index in [-0.39, 0.29) is 0 Å². The maximum absolute atomic E-state index is 11.0. The number of aliphatic hydroxyl groups is 1. The van der Waals surface area contributed by atoms with E-state index < -0.39 is 5.60 Å². The largest absolute Gasteiger partial charge is 0.388 e. The predicted molar refractivity (Wildman–Crippen MR) is 89.4 cm³/mol. The van der Waals surface area contributed by atoms with E-state index in [1.54, 1.807) is 6.33 Å². The molecule has 0 saturated carbocycles. The number of aromatic nitrogens is 5. The van der Waals surface area contributed by atoms with Gasteiger partial charge in [-0.2, -0.15) is 0 Å². The number of β-amino-alcohol motifs (C(OH)–C–C–N with tert-alkyl or cyclic N) is 1. The standard InChI is InChI=1S/C17H22N6O/c1-21-13-19-20-16(21)10-17(24)6-3-8-22(12-17)11-14-4-2-5-15-18-7-9-23(14)15/h2,4-5,7,9,13,24H,3,6,8,10-12H2,1H3. The molecular weight excluding hydrogens is 304 g/mol. The minimum atomic E-state index is -0.748. The zero-order valence-corrected chi connectivity index (χ0v) is 13.8. The number of nitrogens with zero attached hydrogens (tertiary/aromatic N) is 6. The predicted octanol–water partition coefficient (Wildman–Crippen LogP) is 1.03. The smallest absolute Gasteiger partial charge is 0.136 e. The molecule has 0 aliphatic carbocycles. The lowest BCUT2D eigenvalue weighted by molar-refractivity contribution is -0.0348. The van der Waals surface area contributed by atoms with Crippen LogP contribution in [0.5, 0.6) is 0 Å². The second-order valence-electron chi connectivity index (χ2n) is 6.75. The van der Waals surface area contributed by atoms with Gasteiger partial charge in [0.2, 0.25) is 0 Å². The third-order valence-corrected chi connectivity index (χ3v) is 4.83. The highest BCUT2D eigenvalue weighted by Crippen LogP contribution is 2.25. The third kappa shape index (κ3) is 2.92. The van der Waals surface area contributed by atoms with E-state index in [1.807, 2.05) is 36.1 Å². The molecule has 126 valence electrons. The van der Waals surface area contributed by atoms with Gasteiger partial charge in [-0.1, -0.05) is 6.07 Å². The number of imidazole rings is 1. The summed E-state index contributed by atoms with van der Waals surface area (Å²) in [5, 5.41) is 19.1. The summed E-state index contributed by atoms with van der Waals surface area (Å²) in [5.74, 6) is 0.830.